The summed E-state index contributed by atoms with van der Waals surface area (Å²) in [5.41, 5.74) is 8.15. The molecule has 122 valence electrons. The molecule has 1 rings (SSSR count). The van der Waals surface area contributed by atoms with Crippen molar-refractivity contribution < 1.29 is 14.6 Å². The summed E-state index contributed by atoms with van der Waals surface area (Å²) in [4.78, 5) is 2.73. The molecule has 0 aromatic carbocycles. The van der Waals surface area contributed by atoms with Gasteiger partial charge in [-0.2, -0.15) is 0 Å². The number of nitrogens with zero attached hydrogens (tertiary/aromatic N) is 3. The molecule has 0 bridgehead atoms. The van der Waals surface area contributed by atoms with Crippen LogP contribution in [0.25, 0.3) is 10.4 Å². The van der Waals surface area contributed by atoms with Crippen LogP contribution in [-0.4, -0.2) is 37.3 Å². The Morgan fingerprint density at radius 1 is 1.10 bits per heavy atom. The van der Waals surface area contributed by atoms with E-state index in [0.29, 0.717) is 31.6 Å². The molecule has 1 saturated heterocycles. The van der Waals surface area contributed by atoms with Crippen LogP contribution in [-0.2, 0) is 9.47 Å². The van der Waals surface area contributed by atoms with Gasteiger partial charge in [0.15, 0.2) is 6.29 Å². The van der Waals surface area contributed by atoms with Crippen molar-refractivity contribution in [2.24, 2.45) is 22.9 Å². The Hall–Kier alpha value is -0.810. The normalized spacial score (nSPS) is 32.7. The standard InChI is InChI=1S/C15H29N3O3/c1-11-12(2)14(21-15(19)13(11)3)10-20-9-7-5-4-6-8-17-18-16/h11-15,19H,4-10H2,1-3H3/t11-,12+,13?,14?,15?/m0/s1. The van der Waals surface area contributed by atoms with Gasteiger partial charge in [0.1, 0.15) is 0 Å². The third kappa shape index (κ3) is 6.22. The minimum absolute atomic E-state index is 0.0174. The highest BCUT2D eigenvalue weighted by Crippen LogP contribution is 2.33. The van der Waals surface area contributed by atoms with Crippen molar-refractivity contribution >= 4 is 0 Å². The first-order valence-corrected chi connectivity index (χ1v) is 8.00. The van der Waals surface area contributed by atoms with E-state index >= 15 is 0 Å². The molecular formula is C15H29N3O3. The molecule has 6 heteroatoms. The molecule has 1 aliphatic heterocycles. The van der Waals surface area contributed by atoms with Crippen LogP contribution < -0.4 is 0 Å². The van der Waals surface area contributed by atoms with Crippen molar-refractivity contribution in [1.82, 2.24) is 0 Å². The highest BCUT2D eigenvalue weighted by Gasteiger charge is 2.38. The Kier molecular flexibility index (Phi) is 8.69. The van der Waals surface area contributed by atoms with E-state index in [2.05, 4.69) is 23.9 Å². The van der Waals surface area contributed by atoms with E-state index in [1.807, 2.05) is 6.92 Å². The van der Waals surface area contributed by atoms with E-state index in [1.54, 1.807) is 0 Å². The van der Waals surface area contributed by atoms with Crippen LogP contribution in [0.3, 0.4) is 0 Å². The van der Waals surface area contributed by atoms with Gasteiger partial charge in [-0.1, -0.05) is 38.7 Å². The maximum Gasteiger partial charge on any atom is 0.157 e. The molecule has 5 atom stereocenters. The summed E-state index contributed by atoms with van der Waals surface area (Å²) in [6.45, 7) is 8.20. The quantitative estimate of drug-likeness (QED) is 0.306. The number of azide groups is 1. The fraction of sp³-hybridized carbons (Fsp3) is 1.00. The molecule has 0 amide bonds. The highest BCUT2D eigenvalue weighted by molar-refractivity contribution is 4.81. The zero-order valence-electron chi connectivity index (χ0n) is 13.4. The summed E-state index contributed by atoms with van der Waals surface area (Å²) < 4.78 is 11.3. The zero-order valence-corrected chi connectivity index (χ0v) is 13.4. The van der Waals surface area contributed by atoms with Crippen LogP contribution in [0.1, 0.15) is 46.5 Å². The van der Waals surface area contributed by atoms with Gasteiger partial charge < -0.3 is 14.6 Å². The molecule has 0 saturated carbocycles. The summed E-state index contributed by atoms with van der Waals surface area (Å²) in [6, 6.07) is 0. The average molecular weight is 299 g/mol. The van der Waals surface area contributed by atoms with Gasteiger partial charge >= 0.3 is 0 Å². The first-order chi connectivity index (χ1) is 10.1. The monoisotopic (exact) mass is 299 g/mol. The lowest BCUT2D eigenvalue weighted by Crippen LogP contribution is -2.46. The van der Waals surface area contributed by atoms with Crippen LogP contribution in [0.5, 0.6) is 0 Å². The molecule has 1 fully saturated rings. The number of rotatable bonds is 9. The number of ether oxygens (including phenoxy) is 2. The van der Waals surface area contributed by atoms with E-state index in [0.717, 1.165) is 25.7 Å². The summed E-state index contributed by atoms with van der Waals surface area (Å²) in [5.74, 6) is 1.00. The van der Waals surface area contributed by atoms with Crippen LogP contribution in [0.2, 0.25) is 0 Å². The van der Waals surface area contributed by atoms with Gasteiger partial charge in [-0.25, -0.2) is 0 Å². The van der Waals surface area contributed by atoms with Crippen molar-refractivity contribution in [3.8, 4) is 0 Å². The second kappa shape index (κ2) is 10.0. The molecule has 1 aliphatic rings. The van der Waals surface area contributed by atoms with E-state index in [-0.39, 0.29) is 12.0 Å². The van der Waals surface area contributed by atoms with E-state index in [9.17, 15) is 5.11 Å². The Morgan fingerprint density at radius 3 is 2.52 bits per heavy atom. The molecule has 0 radical (unpaired) electrons. The van der Waals surface area contributed by atoms with E-state index < -0.39 is 6.29 Å². The lowest BCUT2D eigenvalue weighted by molar-refractivity contribution is -0.235. The van der Waals surface area contributed by atoms with Gasteiger partial charge in [-0.15, -0.1) is 0 Å². The number of hydrogen-bond acceptors (Lipinski definition) is 4. The number of aliphatic hydroxyl groups excluding tert-OH is 1. The molecule has 3 unspecified atom stereocenters. The van der Waals surface area contributed by atoms with Gasteiger partial charge in [0.2, 0.25) is 0 Å². The predicted molar refractivity (Wildman–Crippen MR) is 81.7 cm³/mol. The van der Waals surface area contributed by atoms with Gasteiger partial charge in [-0.05, 0) is 30.2 Å². The maximum atomic E-state index is 9.87. The first kappa shape index (κ1) is 18.2. The van der Waals surface area contributed by atoms with Gasteiger partial charge in [0.25, 0.3) is 0 Å². The van der Waals surface area contributed by atoms with Gasteiger partial charge in [0.05, 0.1) is 12.7 Å². The van der Waals surface area contributed by atoms with Crippen molar-refractivity contribution in [1.29, 1.82) is 0 Å². The summed E-state index contributed by atoms with van der Waals surface area (Å²) in [7, 11) is 0. The number of aliphatic hydroxyl groups is 1. The first-order valence-electron chi connectivity index (χ1n) is 8.00. The third-order valence-corrected chi connectivity index (χ3v) is 4.65. The number of hydrogen-bond donors (Lipinski definition) is 1. The Bertz CT molecular complexity index is 334. The highest BCUT2D eigenvalue weighted by atomic mass is 16.6. The molecular weight excluding hydrogens is 270 g/mol. The van der Waals surface area contributed by atoms with Crippen LogP contribution >= 0.6 is 0 Å². The maximum absolute atomic E-state index is 9.87. The average Bonchev–Trinajstić information content (AvgIpc) is 2.48. The molecule has 0 aliphatic carbocycles. The molecule has 0 aromatic heterocycles. The van der Waals surface area contributed by atoms with Crippen molar-refractivity contribution in [3.05, 3.63) is 10.4 Å². The predicted octanol–water partition coefficient (Wildman–Crippen LogP) is 3.50. The lowest BCUT2D eigenvalue weighted by atomic mass is 9.79. The fourth-order valence-electron chi connectivity index (χ4n) is 2.68. The molecule has 0 spiro atoms. The minimum Gasteiger partial charge on any atom is -0.379 e. The Labute approximate surface area is 127 Å². The largest absolute Gasteiger partial charge is 0.379 e. The summed E-state index contributed by atoms with van der Waals surface area (Å²) in [6.07, 6.45) is 3.39. The van der Waals surface area contributed by atoms with Crippen molar-refractivity contribution in [3.63, 3.8) is 0 Å². The zero-order chi connectivity index (χ0) is 15.7. The second-order valence-corrected chi connectivity index (χ2v) is 6.09. The van der Waals surface area contributed by atoms with Crippen LogP contribution in [0, 0.1) is 17.8 Å². The molecule has 6 nitrogen and oxygen atoms in total. The Balaban J connectivity index is 2.08. The Morgan fingerprint density at radius 2 is 1.81 bits per heavy atom. The molecule has 1 heterocycles. The smallest absolute Gasteiger partial charge is 0.157 e. The van der Waals surface area contributed by atoms with E-state index in [4.69, 9.17) is 15.0 Å². The number of unbranched alkanes of at least 4 members (excludes halogenated alkanes) is 3. The van der Waals surface area contributed by atoms with Crippen molar-refractivity contribution in [2.75, 3.05) is 19.8 Å². The second-order valence-electron chi connectivity index (χ2n) is 6.09. The summed E-state index contributed by atoms with van der Waals surface area (Å²) in [5, 5.41) is 13.4. The molecule has 21 heavy (non-hydrogen) atoms. The lowest BCUT2D eigenvalue weighted by Gasteiger charge is -2.41. The molecule has 0 aromatic rings. The SMILES string of the molecule is CC1C(O)OC(COCCCCCCN=[N+]=[N-])[C@H](C)[C@@H]1C. The van der Waals surface area contributed by atoms with Gasteiger partial charge in [-0.3, -0.25) is 0 Å². The topological polar surface area (TPSA) is 87.5 Å². The summed E-state index contributed by atoms with van der Waals surface area (Å²) >= 11 is 0. The third-order valence-electron chi connectivity index (χ3n) is 4.65. The fourth-order valence-corrected chi connectivity index (χ4v) is 2.68. The van der Waals surface area contributed by atoms with Crippen molar-refractivity contribution in [2.45, 2.75) is 58.8 Å². The molecule has 1 N–H and O–H groups in total. The minimum atomic E-state index is -0.675. The van der Waals surface area contributed by atoms with Crippen LogP contribution in [0.15, 0.2) is 5.11 Å². The van der Waals surface area contributed by atoms with Crippen LogP contribution in [0.4, 0.5) is 0 Å². The van der Waals surface area contributed by atoms with Gasteiger partial charge in [0, 0.05) is 24.0 Å². The van der Waals surface area contributed by atoms with E-state index in [1.165, 1.54) is 0 Å².